The Morgan fingerprint density at radius 2 is 2.15 bits per heavy atom. The molecule has 0 aromatic heterocycles. The Labute approximate surface area is 128 Å². The number of carboxylic acid groups (broad SMARTS) is 1. The maximum atomic E-state index is 11.2. The van der Waals surface area contributed by atoms with Gasteiger partial charge in [0.05, 0.1) is 5.92 Å². The first-order valence-electron chi connectivity index (χ1n) is 7.26. The molecule has 0 bridgehead atoms. The largest absolute Gasteiger partial charge is 0.481 e. The highest BCUT2D eigenvalue weighted by Crippen LogP contribution is 2.29. The van der Waals surface area contributed by atoms with Crippen LogP contribution in [0, 0.1) is 18.8 Å². The average Bonchev–Trinajstić information content (AvgIpc) is 2.43. The second-order valence-corrected chi connectivity index (χ2v) is 6.56. The molecule has 2 atom stereocenters. The Balaban J connectivity index is 1.85. The maximum absolute atomic E-state index is 11.2. The summed E-state index contributed by atoms with van der Waals surface area (Å²) in [7, 11) is 0. The van der Waals surface area contributed by atoms with E-state index in [-0.39, 0.29) is 11.8 Å². The summed E-state index contributed by atoms with van der Waals surface area (Å²) in [6.07, 6.45) is 4.08. The number of rotatable bonds is 5. The van der Waals surface area contributed by atoms with Gasteiger partial charge in [0.15, 0.2) is 0 Å². The number of carbonyl (C=O) groups is 1. The number of carboxylic acids is 1. The van der Waals surface area contributed by atoms with E-state index in [1.54, 1.807) is 0 Å². The van der Waals surface area contributed by atoms with Crippen molar-refractivity contribution >= 4 is 21.9 Å². The molecular weight excluding hydrogens is 318 g/mol. The first-order chi connectivity index (χ1) is 9.58. The number of aryl methyl sites for hydroxylation is 1. The zero-order chi connectivity index (χ0) is 14.5. The lowest BCUT2D eigenvalue weighted by Crippen LogP contribution is -2.34. The van der Waals surface area contributed by atoms with Crippen LogP contribution in [0.1, 0.15) is 36.8 Å². The number of halogens is 1. The van der Waals surface area contributed by atoms with E-state index >= 15 is 0 Å². The van der Waals surface area contributed by atoms with Gasteiger partial charge in [-0.15, -0.1) is 0 Å². The van der Waals surface area contributed by atoms with Crippen molar-refractivity contribution in [1.29, 1.82) is 0 Å². The Morgan fingerprint density at radius 3 is 2.85 bits per heavy atom. The van der Waals surface area contributed by atoms with Gasteiger partial charge in [-0.2, -0.15) is 0 Å². The quantitative estimate of drug-likeness (QED) is 0.859. The lowest BCUT2D eigenvalue weighted by molar-refractivity contribution is -0.144. The van der Waals surface area contributed by atoms with Crippen molar-refractivity contribution in [1.82, 2.24) is 5.32 Å². The molecule has 1 aromatic rings. The Bertz CT molecular complexity index is 476. The molecule has 2 rings (SSSR count). The van der Waals surface area contributed by atoms with Gasteiger partial charge in [0.2, 0.25) is 0 Å². The van der Waals surface area contributed by atoms with Crippen molar-refractivity contribution in [3.8, 4) is 0 Å². The number of nitrogens with one attached hydrogen (secondary N) is 1. The van der Waals surface area contributed by atoms with Gasteiger partial charge in [-0.3, -0.25) is 4.79 Å². The molecule has 1 fully saturated rings. The standard InChI is InChI=1S/C16H22BrNO2/c1-11-8-12(6-7-15(11)17)9-18-10-13-4-2-3-5-14(13)16(19)20/h6-8,13-14,18H,2-5,9-10H2,1H3,(H,19,20). The predicted octanol–water partition coefficient (Wildman–Crippen LogP) is 3.74. The van der Waals surface area contributed by atoms with Crippen LogP contribution in [0.5, 0.6) is 0 Å². The molecule has 0 spiro atoms. The molecule has 2 unspecified atom stereocenters. The summed E-state index contributed by atoms with van der Waals surface area (Å²) in [5.41, 5.74) is 2.47. The van der Waals surface area contributed by atoms with Gasteiger partial charge in [-0.1, -0.05) is 40.9 Å². The molecular formula is C16H22BrNO2. The SMILES string of the molecule is Cc1cc(CNCC2CCCCC2C(=O)O)ccc1Br. The third-order valence-corrected chi connectivity index (χ3v) is 5.07. The molecule has 0 amide bonds. The number of aliphatic carboxylic acids is 1. The summed E-state index contributed by atoms with van der Waals surface area (Å²) in [6, 6.07) is 6.32. The topological polar surface area (TPSA) is 49.3 Å². The van der Waals surface area contributed by atoms with Crippen molar-refractivity contribution < 1.29 is 9.90 Å². The van der Waals surface area contributed by atoms with Crippen LogP contribution < -0.4 is 5.32 Å². The monoisotopic (exact) mass is 339 g/mol. The summed E-state index contributed by atoms with van der Waals surface area (Å²) >= 11 is 3.50. The minimum atomic E-state index is -0.629. The van der Waals surface area contributed by atoms with Gasteiger partial charge < -0.3 is 10.4 Å². The third kappa shape index (κ3) is 4.06. The fourth-order valence-corrected chi connectivity index (χ4v) is 3.24. The second-order valence-electron chi connectivity index (χ2n) is 5.70. The summed E-state index contributed by atoms with van der Waals surface area (Å²) in [5, 5.41) is 12.7. The second kappa shape index (κ2) is 7.23. The molecule has 1 saturated carbocycles. The molecule has 0 saturated heterocycles. The van der Waals surface area contributed by atoms with E-state index in [9.17, 15) is 9.90 Å². The summed E-state index contributed by atoms with van der Waals surface area (Å²) < 4.78 is 1.12. The molecule has 0 heterocycles. The number of benzene rings is 1. The first kappa shape index (κ1) is 15.5. The Morgan fingerprint density at radius 1 is 1.40 bits per heavy atom. The van der Waals surface area contributed by atoms with Gasteiger partial charge in [-0.05, 0) is 49.4 Å². The minimum Gasteiger partial charge on any atom is -0.481 e. The number of hydrogen-bond donors (Lipinski definition) is 2. The fraction of sp³-hybridized carbons (Fsp3) is 0.562. The van der Waals surface area contributed by atoms with Crippen LogP contribution in [0.25, 0.3) is 0 Å². The van der Waals surface area contributed by atoms with Crippen LogP contribution >= 0.6 is 15.9 Å². The van der Waals surface area contributed by atoms with E-state index in [2.05, 4.69) is 46.4 Å². The van der Waals surface area contributed by atoms with E-state index in [0.717, 1.165) is 43.2 Å². The highest BCUT2D eigenvalue weighted by Gasteiger charge is 2.30. The van der Waals surface area contributed by atoms with Gasteiger partial charge >= 0.3 is 5.97 Å². The molecule has 20 heavy (non-hydrogen) atoms. The lowest BCUT2D eigenvalue weighted by atomic mass is 9.79. The van der Waals surface area contributed by atoms with Crippen LogP contribution in [-0.4, -0.2) is 17.6 Å². The maximum Gasteiger partial charge on any atom is 0.306 e. The zero-order valence-corrected chi connectivity index (χ0v) is 13.4. The Hall–Kier alpha value is -0.870. The highest BCUT2D eigenvalue weighted by molar-refractivity contribution is 9.10. The molecule has 1 aliphatic rings. The molecule has 0 radical (unpaired) electrons. The fourth-order valence-electron chi connectivity index (χ4n) is 3.00. The van der Waals surface area contributed by atoms with Crippen LogP contribution in [0.2, 0.25) is 0 Å². The molecule has 1 aromatic carbocycles. The molecule has 3 nitrogen and oxygen atoms in total. The van der Waals surface area contributed by atoms with E-state index in [0.29, 0.717) is 0 Å². The van der Waals surface area contributed by atoms with Crippen molar-refractivity contribution in [2.45, 2.75) is 39.2 Å². The van der Waals surface area contributed by atoms with Crippen molar-refractivity contribution in [2.75, 3.05) is 6.54 Å². The molecule has 1 aliphatic carbocycles. The van der Waals surface area contributed by atoms with Gasteiger partial charge in [-0.25, -0.2) is 0 Å². The lowest BCUT2D eigenvalue weighted by Gasteiger charge is -2.28. The molecule has 0 aliphatic heterocycles. The summed E-state index contributed by atoms with van der Waals surface area (Å²) in [6.45, 7) is 3.68. The zero-order valence-electron chi connectivity index (χ0n) is 11.9. The van der Waals surface area contributed by atoms with E-state index in [4.69, 9.17) is 0 Å². The minimum absolute atomic E-state index is 0.164. The smallest absolute Gasteiger partial charge is 0.306 e. The highest BCUT2D eigenvalue weighted by atomic mass is 79.9. The Kier molecular flexibility index (Phi) is 5.61. The van der Waals surface area contributed by atoms with Gasteiger partial charge in [0, 0.05) is 11.0 Å². The van der Waals surface area contributed by atoms with Crippen molar-refractivity contribution in [3.63, 3.8) is 0 Å². The average molecular weight is 340 g/mol. The van der Waals surface area contributed by atoms with E-state index in [1.165, 1.54) is 11.1 Å². The van der Waals surface area contributed by atoms with Gasteiger partial charge in [0.25, 0.3) is 0 Å². The number of hydrogen-bond acceptors (Lipinski definition) is 2. The molecule has 2 N–H and O–H groups in total. The normalized spacial score (nSPS) is 22.7. The van der Waals surface area contributed by atoms with Crippen LogP contribution in [0.4, 0.5) is 0 Å². The van der Waals surface area contributed by atoms with E-state index < -0.39 is 5.97 Å². The van der Waals surface area contributed by atoms with Crippen molar-refractivity contribution in [3.05, 3.63) is 33.8 Å². The first-order valence-corrected chi connectivity index (χ1v) is 8.06. The predicted molar refractivity (Wildman–Crippen MR) is 83.7 cm³/mol. The van der Waals surface area contributed by atoms with Crippen LogP contribution in [0.15, 0.2) is 22.7 Å². The molecule has 4 heteroatoms. The molecule has 110 valence electrons. The van der Waals surface area contributed by atoms with E-state index in [1.807, 2.05) is 0 Å². The van der Waals surface area contributed by atoms with Crippen molar-refractivity contribution in [2.24, 2.45) is 11.8 Å². The summed E-state index contributed by atoms with van der Waals surface area (Å²) in [4.78, 5) is 11.2. The van der Waals surface area contributed by atoms with Gasteiger partial charge in [0.1, 0.15) is 0 Å². The van der Waals surface area contributed by atoms with Crippen LogP contribution in [0.3, 0.4) is 0 Å². The van der Waals surface area contributed by atoms with Crippen LogP contribution in [-0.2, 0) is 11.3 Å². The third-order valence-electron chi connectivity index (χ3n) is 4.18. The summed E-state index contributed by atoms with van der Waals surface area (Å²) in [5.74, 6) is -0.517.